The molecule has 0 radical (unpaired) electrons. The van der Waals surface area contributed by atoms with E-state index < -0.39 is 0 Å². The molecule has 1 aliphatic heterocycles. The van der Waals surface area contributed by atoms with E-state index in [2.05, 4.69) is 36.5 Å². The van der Waals surface area contributed by atoms with Gasteiger partial charge in [0.15, 0.2) is 5.76 Å². The fraction of sp³-hybridized carbons (Fsp3) is 0.353. The Balaban J connectivity index is 1.75. The number of benzene rings is 1. The summed E-state index contributed by atoms with van der Waals surface area (Å²) >= 11 is 0. The molecule has 1 aromatic heterocycles. The third-order valence-electron chi connectivity index (χ3n) is 3.79. The normalized spacial score (nSPS) is 22.0. The summed E-state index contributed by atoms with van der Waals surface area (Å²) in [5, 5.41) is 3.03. The molecule has 2 aromatic rings. The average molecular weight is 285 g/mol. The Morgan fingerprint density at radius 3 is 2.76 bits per heavy atom. The molecule has 1 amide bonds. The SMILES string of the molecule is Cc1ccc(C2OCCCC2NC(=O)c2ccco2)cc1. The summed E-state index contributed by atoms with van der Waals surface area (Å²) in [6.45, 7) is 2.79. The second-order valence-electron chi connectivity index (χ2n) is 5.40. The van der Waals surface area contributed by atoms with E-state index in [9.17, 15) is 4.79 Å². The first-order valence-electron chi connectivity index (χ1n) is 7.26. The van der Waals surface area contributed by atoms with Gasteiger partial charge in [0.25, 0.3) is 5.91 Å². The number of rotatable bonds is 3. The maximum Gasteiger partial charge on any atom is 0.287 e. The molecule has 0 bridgehead atoms. The zero-order valence-electron chi connectivity index (χ0n) is 12.0. The lowest BCUT2D eigenvalue weighted by atomic mass is 9.95. The van der Waals surface area contributed by atoms with Gasteiger partial charge in [-0.05, 0) is 37.5 Å². The van der Waals surface area contributed by atoms with Gasteiger partial charge in [0.2, 0.25) is 0 Å². The molecule has 2 unspecified atom stereocenters. The van der Waals surface area contributed by atoms with Crippen LogP contribution in [0.3, 0.4) is 0 Å². The van der Waals surface area contributed by atoms with Crippen molar-refractivity contribution in [3.05, 3.63) is 59.5 Å². The first-order chi connectivity index (χ1) is 10.2. The standard InChI is InChI=1S/C17H19NO3/c1-12-6-8-13(9-7-12)16-14(4-2-11-21-16)18-17(19)15-5-3-10-20-15/h3,5-10,14,16H,2,4,11H2,1H3,(H,18,19). The highest BCUT2D eigenvalue weighted by Gasteiger charge is 2.29. The number of nitrogens with one attached hydrogen (secondary N) is 1. The zero-order valence-corrected chi connectivity index (χ0v) is 12.0. The van der Waals surface area contributed by atoms with Gasteiger partial charge in [0.1, 0.15) is 6.10 Å². The van der Waals surface area contributed by atoms with Crippen molar-refractivity contribution in [2.45, 2.75) is 31.9 Å². The van der Waals surface area contributed by atoms with E-state index in [1.807, 2.05) is 0 Å². The van der Waals surface area contributed by atoms with E-state index >= 15 is 0 Å². The second-order valence-corrected chi connectivity index (χ2v) is 5.40. The Kier molecular flexibility index (Phi) is 4.06. The molecule has 110 valence electrons. The van der Waals surface area contributed by atoms with Crippen molar-refractivity contribution < 1.29 is 13.9 Å². The molecule has 21 heavy (non-hydrogen) atoms. The maximum absolute atomic E-state index is 12.1. The van der Waals surface area contributed by atoms with Crippen LogP contribution in [0.25, 0.3) is 0 Å². The van der Waals surface area contributed by atoms with Gasteiger partial charge in [-0.3, -0.25) is 4.79 Å². The Morgan fingerprint density at radius 1 is 1.24 bits per heavy atom. The van der Waals surface area contributed by atoms with Gasteiger partial charge in [-0.25, -0.2) is 0 Å². The fourth-order valence-electron chi connectivity index (χ4n) is 2.66. The summed E-state index contributed by atoms with van der Waals surface area (Å²) < 4.78 is 11.0. The number of carbonyl (C=O) groups excluding carboxylic acids is 1. The topological polar surface area (TPSA) is 51.5 Å². The number of hydrogen-bond acceptors (Lipinski definition) is 3. The van der Waals surface area contributed by atoms with Crippen LogP contribution in [0.4, 0.5) is 0 Å². The number of amides is 1. The van der Waals surface area contributed by atoms with Gasteiger partial charge in [-0.2, -0.15) is 0 Å². The van der Waals surface area contributed by atoms with Crippen LogP contribution in [0.2, 0.25) is 0 Å². The number of ether oxygens (including phenoxy) is 1. The van der Waals surface area contributed by atoms with E-state index in [0.717, 1.165) is 25.0 Å². The minimum absolute atomic E-state index is 0.0287. The molecule has 0 aliphatic carbocycles. The highest BCUT2D eigenvalue weighted by atomic mass is 16.5. The maximum atomic E-state index is 12.1. The fourth-order valence-corrected chi connectivity index (χ4v) is 2.66. The van der Waals surface area contributed by atoms with Crippen molar-refractivity contribution in [3.63, 3.8) is 0 Å². The van der Waals surface area contributed by atoms with E-state index in [0.29, 0.717) is 5.76 Å². The molecule has 4 nitrogen and oxygen atoms in total. The molecule has 0 spiro atoms. The van der Waals surface area contributed by atoms with Crippen LogP contribution in [0.5, 0.6) is 0 Å². The summed E-state index contributed by atoms with van der Waals surface area (Å²) in [6.07, 6.45) is 3.26. The second kappa shape index (κ2) is 6.14. The predicted molar refractivity (Wildman–Crippen MR) is 79.1 cm³/mol. The lowest BCUT2D eigenvalue weighted by Crippen LogP contribution is -2.42. The van der Waals surface area contributed by atoms with Crippen LogP contribution < -0.4 is 5.32 Å². The summed E-state index contributed by atoms with van der Waals surface area (Å²) in [4.78, 5) is 12.1. The van der Waals surface area contributed by atoms with Crippen LogP contribution in [-0.4, -0.2) is 18.6 Å². The number of furan rings is 1. The third-order valence-corrected chi connectivity index (χ3v) is 3.79. The number of aryl methyl sites for hydroxylation is 1. The van der Waals surface area contributed by atoms with Crippen molar-refractivity contribution in [2.24, 2.45) is 0 Å². The van der Waals surface area contributed by atoms with E-state index in [-0.39, 0.29) is 18.1 Å². The molecule has 1 aliphatic rings. The van der Waals surface area contributed by atoms with Gasteiger partial charge in [0, 0.05) is 6.61 Å². The quantitative estimate of drug-likeness (QED) is 0.942. The van der Waals surface area contributed by atoms with Crippen LogP contribution in [0.15, 0.2) is 47.1 Å². The van der Waals surface area contributed by atoms with Gasteiger partial charge < -0.3 is 14.5 Å². The van der Waals surface area contributed by atoms with Crippen molar-refractivity contribution in [1.29, 1.82) is 0 Å². The first-order valence-corrected chi connectivity index (χ1v) is 7.26. The van der Waals surface area contributed by atoms with Crippen LogP contribution >= 0.6 is 0 Å². The lowest BCUT2D eigenvalue weighted by molar-refractivity contribution is -0.00973. The molecule has 4 heteroatoms. The zero-order chi connectivity index (χ0) is 14.7. The van der Waals surface area contributed by atoms with E-state index in [4.69, 9.17) is 9.15 Å². The van der Waals surface area contributed by atoms with Crippen molar-refractivity contribution in [3.8, 4) is 0 Å². The Morgan fingerprint density at radius 2 is 2.05 bits per heavy atom. The molecular weight excluding hydrogens is 266 g/mol. The summed E-state index contributed by atoms with van der Waals surface area (Å²) in [5.41, 5.74) is 2.32. The molecule has 1 aromatic carbocycles. The Hall–Kier alpha value is -2.07. The highest BCUT2D eigenvalue weighted by molar-refractivity contribution is 5.91. The molecule has 0 saturated carbocycles. The highest BCUT2D eigenvalue weighted by Crippen LogP contribution is 2.28. The van der Waals surface area contributed by atoms with Gasteiger partial charge in [-0.1, -0.05) is 29.8 Å². The molecule has 3 rings (SSSR count). The summed E-state index contributed by atoms with van der Waals surface area (Å²) in [7, 11) is 0. The molecule has 1 N–H and O–H groups in total. The van der Waals surface area contributed by atoms with Crippen LogP contribution in [0, 0.1) is 6.92 Å². The average Bonchev–Trinajstić information content (AvgIpc) is 3.03. The predicted octanol–water partition coefficient (Wildman–Crippen LogP) is 3.24. The monoisotopic (exact) mass is 285 g/mol. The minimum Gasteiger partial charge on any atom is -0.459 e. The smallest absolute Gasteiger partial charge is 0.287 e. The van der Waals surface area contributed by atoms with E-state index in [1.165, 1.54) is 11.8 Å². The molecule has 2 heterocycles. The van der Waals surface area contributed by atoms with Crippen molar-refractivity contribution in [1.82, 2.24) is 5.32 Å². The van der Waals surface area contributed by atoms with Gasteiger partial charge in [0.05, 0.1) is 12.3 Å². The van der Waals surface area contributed by atoms with Crippen molar-refractivity contribution in [2.75, 3.05) is 6.61 Å². The van der Waals surface area contributed by atoms with Gasteiger partial charge in [-0.15, -0.1) is 0 Å². The lowest BCUT2D eigenvalue weighted by Gasteiger charge is -2.32. The molecular formula is C17H19NO3. The first kappa shape index (κ1) is 13.9. The van der Waals surface area contributed by atoms with Crippen molar-refractivity contribution >= 4 is 5.91 Å². The largest absolute Gasteiger partial charge is 0.459 e. The third kappa shape index (κ3) is 3.16. The number of carbonyl (C=O) groups is 1. The summed E-state index contributed by atoms with van der Waals surface area (Å²) in [6, 6.07) is 11.6. The molecule has 1 fully saturated rings. The Bertz CT molecular complexity index is 589. The van der Waals surface area contributed by atoms with Crippen LogP contribution in [0.1, 0.15) is 40.6 Å². The van der Waals surface area contributed by atoms with E-state index in [1.54, 1.807) is 12.1 Å². The number of hydrogen-bond donors (Lipinski definition) is 1. The molecule has 1 saturated heterocycles. The Labute approximate surface area is 124 Å². The van der Waals surface area contributed by atoms with Gasteiger partial charge >= 0.3 is 0 Å². The molecule has 2 atom stereocenters. The summed E-state index contributed by atoms with van der Waals surface area (Å²) in [5.74, 6) is 0.149. The minimum atomic E-state index is -0.187. The van der Waals surface area contributed by atoms with Crippen LogP contribution in [-0.2, 0) is 4.74 Å².